The van der Waals surface area contributed by atoms with Crippen LogP contribution in [0.4, 0.5) is 5.69 Å². The summed E-state index contributed by atoms with van der Waals surface area (Å²) < 4.78 is 1.06. The quantitative estimate of drug-likeness (QED) is 0.879. The Hall–Kier alpha value is -0.580. The summed E-state index contributed by atoms with van der Waals surface area (Å²) in [6, 6.07) is 6.79. The van der Waals surface area contributed by atoms with Gasteiger partial charge in [-0.1, -0.05) is 22.0 Å². The largest absolute Gasteiger partial charge is 0.395 e. The lowest BCUT2D eigenvalue weighted by atomic mass is 9.90. The molecule has 2 rings (SSSR count). The molecule has 1 aromatic rings. The van der Waals surface area contributed by atoms with Crippen LogP contribution in [0.25, 0.3) is 0 Å². The minimum Gasteiger partial charge on any atom is -0.395 e. The minimum atomic E-state index is 0.00868. The van der Waals surface area contributed by atoms with E-state index in [0.717, 1.165) is 15.7 Å². The van der Waals surface area contributed by atoms with Gasteiger partial charge in [0, 0.05) is 28.8 Å². The minimum absolute atomic E-state index is 0.00868. The molecular weight excluding hydrogens is 292 g/mol. The Morgan fingerprint density at radius 1 is 1.50 bits per heavy atom. The van der Waals surface area contributed by atoms with Crippen LogP contribution in [0.2, 0.25) is 0 Å². The Labute approximate surface area is 117 Å². The van der Waals surface area contributed by atoms with Gasteiger partial charge in [0.2, 0.25) is 0 Å². The number of aliphatic hydroxyl groups excluding tert-OH is 1. The van der Waals surface area contributed by atoms with Gasteiger partial charge in [0.05, 0.1) is 6.61 Å². The summed E-state index contributed by atoms with van der Waals surface area (Å²) in [6.45, 7) is 2.87. The average Bonchev–Trinajstić information content (AvgIpc) is 2.25. The predicted octanol–water partition coefficient (Wildman–Crippen LogP) is 2.82. The van der Waals surface area contributed by atoms with Crippen molar-refractivity contribution in [3.63, 3.8) is 0 Å². The van der Waals surface area contributed by atoms with E-state index < -0.39 is 0 Å². The highest BCUT2D eigenvalue weighted by molar-refractivity contribution is 9.10. The van der Waals surface area contributed by atoms with Crippen LogP contribution in [0, 0.1) is 0 Å². The van der Waals surface area contributed by atoms with Crippen molar-refractivity contribution in [3.8, 4) is 0 Å². The monoisotopic (exact) mass is 312 g/mol. The number of benzene rings is 1. The zero-order valence-corrected chi connectivity index (χ0v) is 12.4. The Kier molecular flexibility index (Phi) is 4.65. The first-order valence-electron chi connectivity index (χ1n) is 6.56. The lowest BCUT2D eigenvalue weighted by molar-refractivity contribution is 0.283. The van der Waals surface area contributed by atoms with Crippen LogP contribution in [-0.4, -0.2) is 24.3 Å². The molecule has 0 spiro atoms. The molecule has 4 heteroatoms. The number of nitrogens with zero attached hydrogens (tertiary/aromatic N) is 1. The van der Waals surface area contributed by atoms with Gasteiger partial charge in [0.1, 0.15) is 0 Å². The molecular formula is C14H21BrN2O. The molecule has 0 amide bonds. The van der Waals surface area contributed by atoms with Gasteiger partial charge >= 0.3 is 0 Å². The van der Waals surface area contributed by atoms with E-state index in [1.165, 1.54) is 19.3 Å². The van der Waals surface area contributed by atoms with Gasteiger partial charge in [-0.2, -0.15) is 0 Å². The van der Waals surface area contributed by atoms with Crippen LogP contribution >= 0.6 is 15.9 Å². The van der Waals surface area contributed by atoms with Crippen LogP contribution < -0.4 is 10.6 Å². The SMILES string of the molecule is CC(N)c1ccc(Br)cc1N(CCO)C1CCC1. The smallest absolute Gasteiger partial charge is 0.0606 e. The molecule has 0 radical (unpaired) electrons. The Morgan fingerprint density at radius 2 is 2.22 bits per heavy atom. The summed E-state index contributed by atoms with van der Waals surface area (Å²) in [6.07, 6.45) is 3.71. The number of hydrogen-bond donors (Lipinski definition) is 2. The molecule has 1 saturated carbocycles. The lowest BCUT2D eigenvalue weighted by Crippen LogP contribution is -2.42. The van der Waals surface area contributed by atoms with Crippen molar-refractivity contribution < 1.29 is 5.11 Å². The van der Waals surface area contributed by atoms with Crippen molar-refractivity contribution in [2.24, 2.45) is 5.73 Å². The van der Waals surface area contributed by atoms with E-state index in [9.17, 15) is 5.11 Å². The zero-order chi connectivity index (χ0) is 13.1. The second kappa shape index (κ2) is 6.04. The first-order valence-corrected chi connectivity index (χ1v) is 7.35. The fraction of sp³-hybridized carbons (Fsp3) is 0.571. The third kappa shape index (κ3) is 2.87. The number of nitrogens with two attached hydrogens (primary N) is 1. The molecule has 0 saturated heterocycles. The number of hydrogen-bond acceptors (Lipinski definition) is 3. The standard InChI is InChI=1S/C14H21BrN2O/c1-10(16)13-6-5-11(15)9-14(13)17(7-8-18)12-3-2-4-12/h5-6,9-10,12,18H,2-4,7-8,16H2,1H3. The highest BCUT2D eigenvalue weighted by atomic mass is 79.9. The topological polar surface area (TPSA) is 49.5 Å². The van der Waals surface area contributed by atoms with E-state index >= 15 is 0 Å². The molecule has 0 aliphatic heterocycles. The number of aliphatic hydroxyl groups is 1. The maximum Gasteiger partial charge on any atom is 0.0606 e. The second-order valence-electron chi connectivity index (χ2n) is 4.99. The van der Waals surface area contributed by atoms with Crippen LogP contribution in [0.5, 0.6) is 0 Å². The summed E-state index contributed by atoms with van der Waals surface area (Å²) in [5, 5.41) is 9.28. The fourth-order valence-electron chi connectivity index (χ4n) is 2.46. The predicted molar refractivity (Wildman–Crippen MR) is 78.8 cm³/mol. The van der Waals surface area contributed by atoms with Crippen molar-refractivity contribution in [2.75, 3.05) is 18.1 Å². The van der Waals surface area contributed by atoms with E-state index in [-0.39, 0.29) is 12.6 Å². The Morgan fingerprint density at radius 3 is 2.72 bits per heavy atom. The van der Waals surface area contributed by atoms with Gasteiger partial charge in [-0.25, -0.2) is 0 Å². The van der Waals surface area contributed by atoms with Gasteiger partial charge in [-0.05, 0) is 43.9 Å². The molecule has 3 nitrogen and oxygen atoms in total. The third-order valence-corrected chi connectivity index (χ3v) is 4.14. The molecule has 1 aliphatic rings. The van der Waals surface area contributed by atoms with Crippen LogP contribution in [0.3, 0.4) is 0 Å². The van der Waals surface area contributed by atoms with Crippen molar-refractivity contribution in [3.05, 3.63) is 28.2 Å². The highest BCUT2D eigenvalue weighted by Gasteiger charge is 2.26. The molecule has 1 atom stereocenters. The third-order valence-electron chi connectivity index (χ3n) is 3.65. The highest BCUT2D eigenvalue weighted by Crippen LogP contribution is 2.35. The summed E-state index contributed by atoms with van der Waals surface area (Å²) in [5.41, 5.74) is 8.37. The van der Waals surface area contributed by atoms with Crippen LogP contribution in [-0.2, 0) is 0 Å². The maximum atomic E-state index is 9.28. The second-order valence-corrected chi connectivity index (χ2v) is 5.91. The molecule has 0 bridgehead atoms. The molecule has 0 aromatic heterocycles. The molecule has 0 heterocycles. The molecule has 1 fully saturated rings. The summed E-state index contributed by atoms with van der Waals surface area (Å²) in [4.78, 5) is 2.31. The van der Waals surface area contributed by atoms with E-state index in [4.69, 9.17) is 5.73 Å². The maximum absolute atomic E-state index is 9.28. The van der Waals surface area contributed by atoms with E-state index in [1.54, 1.807) is 0 Å². The summed E-state index contributed by atoms with van der Waals surface area (Å²) >= 11 is 3.52. The summed E-state index contributed by atoms with van der Waals surface area (Å²) in [7, 11) is 0. The van der Waals surface area contributed by atoms with Crippen molar-refractivity contribution >= 4 is 21.6 Å². The van der Waals surface area contributed by atoms with Gasteiger partial charge in [-0.15, -0.1) is 0 Å². The Balaban J connectivity index is 2.34. The molecule has 100 valence electrons. The van der Waals surface area contributed by atoms with Crippen molar-refractivity contribution in [1.82, 2.24) is 0 Å². The molecule has 18 heavy (non-hydrogen) atoms. The van der Waals surface area contributed by atoms with Gasteiger partial charge in [0.25, 0.3) is 0 Å². The average molecular weight is 313 g/mol. The Bertz CT molecular complexity index is 405. The fourth-order valence-corrected chi connectivity index (χ4v) is 2.81. The molecule has 3 N–H and O–H groups in total. The number of anilines is 1. The van der Waals surface area contributed by atoms with Crippen LogP contribution in [0.1, 0.15) is 37.8 Å². The van der Waals surface area contributed by atoms with Gasteiger partial charge in [-0.3, -0.25) is 0 Å². The zero-order valence-electron chi connectivity index (χ0n) is 10.8. The van der Waals surface area contributed by atoms with Crippen LogP contribution in [0.15, 0.2) is 22.7 Å². The molecule has 1 unspecified atom stereocenters. The first kappa shape index (κ1) is 13.8. The van der Waals surface area contributed by atoms with E-state index in [0.29, 0.717) is 12.6 Å². The van der Waals surface area contributed by atoms with E-state index in [1.807, 2.05) is 13.0 Å². The van der Waals surface area contributed by atoms with Crippen molar-refractivity contribution in [1.29, 1.82) is 0 Å². The van der Waals surface area contributed by atoms with E-state index in [2.05, 4.69) is 33.0 Å². The normalized spacial score (nSPS) is 17.3. The van der Waals surface area contributed by atoms with Gasteiger partial charge in [0.15, 0.2) is 0 Å². The first-order chi connectivity index (χ1) is 8.63. The van der Waals surface area contributed by atoms with Gasteiger partial charge < -0.3 is 15.7 Å². The number of rotatable bonds is 5. The summed E-state index contributed by atoms with van der Waals surface area (Å²) in [5.74, 6) is 0. The number of halogens is 1. The van der Waals surface area contributed by atoms with Crippen molar-refractivity contribution in [2.45, 2.75) is 38.3 Å². The molecule has 1 aromatic carbocycles. The lowest BCUT2D eigenvalue weighted by Gasteiger charge is -2.40. The molecule has 1 aliphatic carbocycles.